The minimum absolute atomic E-state index is 0.297. The lowest BCUT2D eigenvalue weighted by Crippen LogP contribution is -2.40. The van der Waals surface area contributed by atoms with Crippen LogP contribution in [0.15, 0.2) is 30.3 Å². The molecule has 1 aromatic rings. The van der Waals surface area contributed by atoms with E-state index in [0.29, 0.717) is 12.1 Å². The molecule has 0 saturated carbocycles. The van der Waals surface area contributed by atoms with E-state index in [1.54, 1.807) is 0 Å². The third-order valence-corrected chi connectivity index (χ3v) is 3.09. The first-order valence-electron chi connectivity index (χ1n) is 6.67. The highest BCUT2D eigenvalue weighted by molar-refractivity contribution is 5.14. The predicted octanol–water partition coefficient (Wildman–Crippen LogP) is 3.02. The van der Waals surface area contributed by atoms with Crippen LogP contribution in [0.5, 0.6) is 0 Å². The van der Waals surface area contributed by atoms with E-state index in [0.717, 1.165) is 19.5 Å². The Morgan fingerprint density at radius 2 is 1.82 bits per heavy atom. The molecule has 1 rings (SSSR count). The second-order valence-corrected chi connectivity index (χ2v) is 5.06. The van der Waals surface area contributed by atoms with E-state index in [1.807, 2.05) is 0 Å². The maximum absolute atomic E-state index is 6.13. The zero-order valence-corrected chi connectivity index (χ0v) is 11.4. The summed E-state index contributed by atoms with van der Waals surface area (Å²) in [6, 6.07) is 11.5. The Kier molecular flexibility index (Phi) is 6.23. The molecule has 0 spiro atoms. The summed E-state index contributed by atoms with van der Waals surface area (Å²) in [6.07, 6.45) is 2.27. The van der Waals surface area contributed by atoms with Gasteiger partial charge in [-0.1, -0.05) is 43.7 Å². The second-order valence-electron chi connectivity index (χ2n) is 5.06. The Morgan fingerprint density at radius 1 is 1.18 bits per heavy atom. The van der Waals surface area contributed by atoms with Gasteiger partial charge in [0.05, 0.1) is 0 Å². The predicted molar refractivity (Wildman–Crippen MR) is 74.9 cm³/mol. The molecule has 0 radical (unpaired) electrons. The lowest BCUT2D eigenvalue weighted by Gasteiger charge is -2.29. The van der Waals surface area contributed by atoms with E-state index in [9.17, 15) is 0 Å². The number of hydrogen-bond donors (Lipinski definition) is 1. The van der Waals surface area contributed by atoms with Gasteiger partial charge in [0.2, 0.25) is 0 Å². The van der Waals surface area contributed by atoms with Crippen molar-refractivity contribution in [3.05, 3.63) is 35.9 Å². The molecule has 1 atom stereocenters. The van der Waals surface area contributed by atoms with E-state index in [4.69, 9.17) is 5.73 Å². The highest BCUT2D eigenvalue weighted by Crippen LogP contribution is 2.09. The summed E-state index contributed by atoms with van der Waals surface area (Å²) in [4.78, 5) is 2.45. The first-order valence-corrected chi connectivity index (χ1v) is 6.67. The lowest BCUT2D eigenvalue weighted by atomic mass is 10.1. The van der Waals surface area contributed by atoms with Gasteiger partial charge in [0, 0.05) is 25.2 Å². The van der Waals surface area contributed by atoms with Crippen LogP contribution in [0.2, 0.25) is 0 Å². The van der Waals surface area contributed by atoms with Gasteiger partial charge in [-0.2, -0.15) is 0 Å². The van der Waals surface area contributed by atoms with Crippen molar-refractivity contribution in [1.82, 2.24) is 4.90 Å². The van der Waals surface area contributed by atoms with Gasteiger partial charge in [-0.05, 0) is 25.8 Å². The van der Waals surface area contributed by atoms with Crippen LogP contribution in [0.25, 0.3) is 0 Å². The molecule has 0 bridgehead atoms. The highest BCUT2D eigenvalue weighted by Gasteiger charge is 2.13. The van der Waals surface area contributed by atoms with Gasteiger partial charge in [0.25, 0.3) is 0 Å². The van der Waals surface area contributed by atoms with Crippen molar-refractivity contribution in [3.63, 3.8) is 0 Å². The molecule has 1 aromatic carbocycles. The number of nitrogens with two attached hydrogens (primary N) is 1. The largest absolute Gasteiger partial charge is 0.327 e. The molecule has 0 unspecified atom stereocenters. The minimum atomic E-state index is 0.297. The van der Waals surface area contributed by atoms with E-state index in [-0.39, 0.29) is 0 Å². The molecule has 0 saturated heterocycles. The molecule has 0 fully saturated rings. The third-order valence-electron chi connectivity index (χ3n) is 3.09. The van der Waals surface area contributed by atoms with Crippen molar-refractivity contribution < 1.29 is 0 Å². The van der Waals surface area contributed by atoms with E-state index in [2.05, 4.69) is 56.0 Å². The zero-order chi connectivity index (χ0) is 12.7. The maximum atomic E-state index is 6.13. The summed E-state index contributed by atoms with van der Waals surface area (Å²) >= 11 is 0. The fourth-order valence-electron chi connectivity index (χ4n) is 2.04. The highest BCUT2D eigenvalue weighted by atomic mass is 15.2. The quantitative estimate of drug-likeness (QED) is 0.786. The molecule has 0 amide bonds. The number of rotatable bonds is 7. The van der Waals surface area contributed by atoms with Crippen molar-refractivity contribution >= 4 is 0 Å². The Labute approximate surface area is 106 Å². The average Bonchev–Trinajstić information content (AvgIpc) is 2.29. The molecular formula is C15H26N2. The monoisotopic (exact) mass is 234 g/mol. The van der Waals surface area contributed by atoms with Gasteiger partial charge >= 0.3 is 0 Å². The maximum Gasteiger partial charge on any atom is 0.0237 e. The van der Waals surface area contributed by atoms with Gasteiger partial charge in [0.15, 0.2) is 0 Å². The number of nitrogens with zero attached hydrogens (tertiary/aromatic N) is 1. The van der Waals surface area contributed by atoms with Crippen LogP contribution in [0.1, 0.15) is 39.2 Å². The first-order chi connectivity index (χ1) is 8.13. The molecule has 0 aliphatic rings. The van der Waals surface area contributed by atoms with Crippen molar-refractivity contribution in [3.8, 4) is 0 Å². The third kappa shape index (κ3) is 5.33. The summed E-state index contributed by atoms with van der Waals surface area (Å²) in [6.45, 7) is 8.65. The van der Waals surface area contributed by atoms with Crippen molar-refractivity contribution in [2.75, 3.05) is 6.54 Å². The standard InChI is InChI=1S/C15H26N2/c1-4-8-15(16)12-17(13(2)3)11-14-9-6-5-7-10-14/h5-7,9-10,13,15H,4,8,11-12,16H2,1-3H3/t15-/m0/s1. The van der Waals surface area contributed by atoms with Crippen LogP contribution in [-0.2, 0) is 6.54 Å². The number of hydrogen-bond acceptors (Lipinski definition) is 2. The molecule has 0 aromatic heterocycles. The minimum Gasteiger partial charge on any atom is -0.327 e. The first kappa shape index (κ1) is 14.2. The topological polar surface area (TPSA) is 29.3 Å². The second kappa shape index (κ2) is 7.46. The number of benzene rings is 1. The van der Waals surface area contributed by atoms with Crippen molar-refractivity contribution in [2.45, 2.75) is 52.2 Å². The Morgan fingerprint density at radius 3 is 2.35 bits per heavy atom. The normalized spacial score (nSPS) is 13.3. The molecule has 0 aliphatic carbocycles. The van der Waals surface area contributed by atoms with Crippen molar-refractivity contribution in [2.24, 2.45) is 5.73 Å². The van der Waals surface area contributed by atoms with E-state index >= 15 is 0 Å². The average molecular weight is 234 g/mol. The van der Waals surface area contributed by atoms with Crippen molar-refractivity contribution in [1.29, 1.82) is 0 Å². The molecular weight excluding hydrogens is 208 g/mol. The smallest absolute Gasteiger partial charge is 0.0237 e. The molecule has 2 nitrogen and oxygen atoms in total. The Hall–Kier alpha value is -0.860. The van der Waals surface area contributed by atoms with E-state index < -0.39 is 0 Å². The van der Waals surface area contributed by atoms with Crippen LogP contribution in [0.4, 0.5) is 0 Å². The van der Waals surface area contributed by atoms with Crippen LogP contribution in [0, 0.1) is 0 Å². The molecule has 0 heterocycles. The summed E-state index contributed by atoms with van der Waals surface area (Å²) in [5, 5.41) is 0. The Balaban J connectivity index is 2.55. The van der Waals surface area contributed by atoms with Crippen LogP contribution >= 0.6 is 0 Å². The molecule has 0 aliphatic heterocycles. The fraction of sp³-hybridized carbons (Fsp3) is 0.600. The summed E-state index contributed by atoms with van der Waals surface area (Å²) < 4.78 is 0. The summed E-state index contributed by atoms with van der Waals surface area (Å²) in [5.41, 5.74) is 7.50. The zero-order valence-electron chi connectivity index (χ0n) is 11.4. The van der Waals surface area contributed by atoms with Gasteiger partial charge in [-0.15, -0.1) is 0 Å². The Bertz CT molecular complexity index is 295. The van der Waals surface area contributed by atoms with Gasteiger partial charge in [-0.3, -0.25) is 4.90 Å². The molecule has 2 N–H and O–H groups in total. The van der Waals surface area contributed by atoms with Crippen LogP contribution < -0.4 is 5.73 Å². The fourth-order valence-corrected chi connectivity index (χ4v) is 2.04. The SMILES string of the molecule is CCC[C@H](N)CN(Cc1ccccc1)C(C)C. The van der Waals surface area contributed by atoms with Crippen LogP contribution in [0.3, 0.4) is 0 Å². The molecule has 17 heavy (non-hydrogen) atoms. The van der Waals surface area contributed by atoms with Gasteiger partial charge in [0.1, 0.15) is 0 Å². The summed E-state index contributed by atoms with van der Waals surface area (Å²) in [5.74, 6) is 0. The van der Waals surface area contributed by atoms with Gasteiger partial charge in [-0.25, -0.2) is 0 Å². The van der Waals surface area contributed by atoms with Gasteiger partial charge < -0.3 is 5.73 Å². The van der Waals surface area contributed by atoms with E-state index in [1.165, 1.54) is 12.0 Å². The lowest BCUT2D eigenvalue weighted by molar-refractivity contribution is 0.196. The summed E-state index contributed by atoms with van der Waals surface area (Å²) in [7, 11) is 0. The van der Waals surface area contributed by atoms with Crippen LogP contribution in [-0.4, -0.2) is 23.5 Å². The molecule has 96 valence electrons. The molecule has 2 heteroatoms.